The third-order valence-corrected chi connectivity index (χ3v) is 8.37. The highest BCUT2D eigenvalue weighted by atomic mass is 32.2. The van der Waals surface area contributed by atoms with Crippen LogP contribution in [-0.2, 0) is 24.4 Å². The zero-order valence-corrected chi connectivity index (χ0v) is 23.1. The number of benzene rings is 2. The number of sulfonamides is 1. The largest absolute Gasteiger partial charge is 0.396 e. The van der Waals surface area contributed by atoms with Gasteiger partial charge < -0.3 is 15.1 Å². The Kier molecular flexibility index (Phi) is 9.67. The molecule has 202 valence electrons. The predicted molar refractivity (Wildman–Crippen MR) is 146 cm³/mol. The van der Waals surface area contributed by atoms with Crippen molar-refractivity contribution >= 4 is 44.0 Å². The van der Waals surface area contributed by atoms with Gasteiger partial charge in [0.2, 0.25) is 21.8 Å². The van der Waals surface area contributed by atoms with Gasteiger partial charge in [-0.3, -0.25) is 9.59 Å². The molecule has 10 heteroatoms. The number of nitrogens with one attached hydrogen (secondary N) is 2. The summed E-state index contributed by atoms with van der Waals surface area (Å²) in [6.07, 6.45) is 1.86. The molecule has 1 aliphatic rings. The lowest BCUT2D eigenvalue weighted by atomic mass is 9.94. The van der Waals surface area contributed by atoms with Gasteiger partial charge in [0.25, 0.3) is 0 Å². The lowest BCUT2D eigenvalue weighted by Crippen LogP contribution is -2.51. The van der Waals surface area contributed by atoms with Gasteiger partial charge in [0.15, 0.2) is 0 Å². The van der Waals surface area contributed by atoms with Crippen LogP contribution in [0.5, 0.6) is 0 Å². The summed E-state index contributed by atoms with van der Waals surface area (Å²) < 4.78 is 29.9. The first-order valence-corrected chi connectivity index (χ1v) is 14.4. The number of nitrogens with zero attached hydrogens (tertiary/aromatic N) is 2. The molecular weight excluding hydrogens is 492 g/mol. The van der Waals surface area contributed by atoms with E-state index in [4.69, 9.17) is 4.84 Å². The van der Waals surface area contributed by atoms with Crippen molar-refractivity contribution in [1.82, 2.24) is 9.62 Å². The van der Waals surface area contributed by atoms with Crippen LogP contribution in [0.1, 0.15) is 53.9 Å². The molecule has 0 aromatic heterocycles. The van der Waals surface area contributed by atoms with Crippen LogP contribution in [0.25, 0.3) is 10.8 Å². The Morgan fingerprint density at radius 3 is 2.51 bits per heavy atom. The standard InChI is InChI=1S/C27H38N4O5S/c1-6-10-26(32)31-16-15-23(18(3)17-31)30-37(34,35)25-14-13-24(21-11-8-9-12-22(21)25)28-27(33)19(4)20(5)29-36-7-2/h8-9,11-14,18-19,23,30H,6-7,10,15-17H2,1-5H3,(H,28,33)/b29-20-/t18-,19?,23+/m1/s1. The van der Waals surface area contributed by atoms with Crippen LogP contribution in [0.2, 0.25) is 0 Å². The zero-order valence-electron chi connectivity index (χ0n) is 22.3. The van der Waals surface area contributed by atoms with Crippen molar-refractivity contribution in [3.8, 4) is 0 Å². The SMILES string of the molecule is CCCC(=O)N1CC[C@H](NS(=O)(=O)c2ccc(NC(=O)C(C)/C(C)=N\OCC)c3ccccc23)[C@H](C)C1. The molecule has 9 nitrogen and oxygen atoms in total. The molecule has 0 aliphatic carbocycles. The summed E-state index contributed by atoms with van der Waals surface area (Å²) >= 11 is 0. The van der Waals surface area contributed by atoms with Crippen molar-refractivity contribution in [3.63, 3.8) is 0 Å². The maximum Gasteiger partial charge on any atom is 0.241 e. The molecular formula is C27H38N4O5S. The van der Waals surface area contributed by atoms with E-state index in [-0.39, 0.29) is 28.7 Å². The highest BCUT2D eigenvalue weighted by Gasteiger charge is 2.32. The Labute approximate surface area is 219 Å². The molecule has 2 amide bonds. The van der Waals surface area contributed by atoms with Gasteiger partial charge in [0, 0.05) is 42.0 Å². The van der Waals surface area contributed by atoms with E-state index in [0.717, 1.165) is 6.42 Å². The molecule has 1 unspecified atom stereocenters. The first kappa shape index (κ1) is 28.6. The monoisotopic (exact) mass is 530 g/mol. The number of oxime groups is 1. The fourth-order valence-corrected chi connectivity index (χ4v) is 6.06. The third kappa shape index (κ3) is 6.87. The fraction of sp³-hybridized carbons (Fsp3) is 0.519. The summed E-state index contributed by atoms with van der Waals surface area (Å²) in [6, 6.07) is 9.97. The van der Waals surface area contributed by atoms with E-state index in [1.807, 2.05) is 25.7 Å². The van der Waals surface area contributed by atoms with Crippen LogP contribution < -0.4 is 10.0 Å². The highest BCUT2D eigenvalue weighted by Crippen LogP contribution is 2.31. The second kappa shape index (κ2) is 12.5. The number of anilines is 1. The summed E-state index contributed by atoms with van der Waals surface area (Å²) in [5, 5.41) is 7.99. The summed E-state index contributed by atoms with van der Waals surface area (Å²) in [6.45, 7) is 10.7. The number of carbonyl (C=O) groups excluding carboxylic acids is 2. The van der Waals surface area contributed by atoms with Crippen molar-refractivity contribution < 1.29 is 22.8 Å². The second-order valence-electron chi connectivity index (χ2n) is 9.60. The maximum atomic E-state index is 13.5. The van der Waals surface area contributed by atoms with E-state index < -0.39 is 15.9 Å². The average Bonchev–Trinajstić information content (AvgIpc) is 2.87. The number of piperidine rings is 1. The van der Waals surface area contributed by atoms with Gasteiger partial charge in [-0.05, 0) is 51.7 Å². The molecule has 2 aromatic carbocycles. The van der Waals surface area contributed by atoms with E-state index in [9.17, 15) is 18.0 Å². The number of amides is 2. The van der Waals surface area contributed by atoms with Crippen molar-refractivity contribution in [3.05, 3.63) is 36.4 Å². The second-order valence-corrected chi connectivity index (χ2v) is 11.3. The Hall–Kier alpha value is -2.98. The minimum absolute atomic E-state index is 0.0164. The smallest absolute Gasteiger partial charge is 0.241 e. The van der Waals surface area contributed by atoms with Gasteiger partial charge in [0.1, 0.15) is 6.61 Å². The van der Waals surface area contributed by atoms with Crippen molar-refractivity contribution in [2.75, 3.05) is 25.0 Å². The predicted octanol–water partition coefficient (Wildman–Crippen LogP) is 4.14. The van der Waals surface area contributed by atoms with E-state index in [2.05, 4.69) is 15.2 Å². The van der Waals surface area contributed by atoms with Gasteiger partial charge in [-0.1, -0.05) is 43.3 Å². The van der Waals surface area contributed by atoms with E-state index in [0.29, 0.717) is 54.7 Å². The van der Waals surface area contributed by atoms with Crippen LogP contribution in [0.4, 0.5) is 5.69 Å². The Morgan fingerprint density at radius 1 is 1.16 bits per heavy atom. The number of carbonyl (C=O) groups is 2. The van der Waals surface area contributed by atoms with Gasteiger partial charge in [-0.15, -0.1) is 0 Å². The summed E-state index contributed by atoms with van der Waals surface area (Å²) in [7, 11) is -3.85. The fourth-order valence-electron chi connectivity index (χ4n) is 4.47. The molecule has 0 bridgehead atoms. The normalized spacial score (nSPS) is 19.5. The molecule has 1 heterocycles. The van der Waals surface area contributed by atoms with Crippen molar-refractivity contribution in [2.45, 2.75) is 64.8 Å². The minimum atomic E-state index is -3.85. The first-order valence-electron chi connectivity index (χ1n) is 12.9. The van der Waals surface area contributed by atoms with Gasteiger partial charge >= 0.3 is 0 Å². The Balaban J connectivity index is 1.81. The molecule has 1 aliphatic heterocycles. The lowest BCUT2D eigenvalue weighted by molar-refractivity contribution is -0.133. The van der Waals surface area contributed by atoms with E-state index >= 15 is 0 Å². The molecule has 1 fully saturated rings. The lowest BCUT2D eigenvalue weighted by Gasteiger charge is -2.37. The van der Waals surface area contributed by atoms with E-state index in [1.54, 1.807) is 44.2 Å². The average molecular weight is 531 g/mol. The number of likely N-dealkylation sites (tertiary alicyclic amines) is 1. The van der Waals surface area contributed by atoms with Crippen LogP contribution >= 0.6 is 0 Å². The van der Waals surface area contributed by atoms with Crippen LogP contribution in [0.15, 0.2) is 46.4 Å². The number of rotatable bonds is 10. The number of hydrogen-bond donors (Lipinski definition) is 2. The number of hydrogen-bond acceptors (Lipinski definition) is 6. The minimum Gasteiger partial charge on any atom is -0.396 e. The Morgan fingerprint density at radius 2 is 1.86 bits per heavy atom. The quantitative estimate of drug-likeness (QED) is 0.354. The van der Waals surface area contributed by atoms with Crippen LogP contribution in [0, 0.1) is 11.8 Å². The molecule has 2 N–H and O–H groups in total. The molecule has 0 spiro atoms. The van der Waals surface area contributed by atoms with Crippen LogP contribution in [-0.4, -0.2) is 56.6 Å². The van der Waals surface area contributed by atoms with E-state index in [1.165, 1.54) is 6.07 Å². The van der Waals surface area contributed by atoms with Gasteiger partial charge in [-0.25, -0.2) is 13.1 Å². The van der Waals surface area contributed by atoms with Gasteiger partial charge in [-0.2, -0.15) is 0 Å². The van der Waals surface area contributed by atoms with Gasteiger partial charge in [0.05, 0.1) is 16.5 Å². The van der Waals surface area contributed by atoms with Crippen molar-refractivity contribution in [2.24, 2.45) is 17.0 Å². The molecule has 0 radical (unpaired) electrons. The topological polar surface area (TPSA) is 117 Å². The van der Waals surface area contributed by atoms with Crippen molar-refractivity contribution in [1.29, 1.82) is 0 Å². The summed E-state index contributed by atoms with van der Waals surface area (Å²) in [5.74, 6) is -0.685. The molecule has 37 heavy (non-hydrogen) atoms. The Bertz CT molecular complexity index is 1260. The zero-order chi connectivity index (χ0) is 27.2. The molecule has 1 saturated heterocycles. The highest BCUT2D eigenvalue weighted by molar-refractivity contribution is 7.89. The molecule has 0 saturated carbocycles. The third-order valence-electron chi connectivity index (χ3n) is 6.82. The molecule has 3 atom stereocenters. The maximum absolute atomic E-state index is 13.5. The molecule has 3 rings (SSSR count). The first-order chi connectivity index (χ1) is 17.6. The molecule has 2 aromatic rings. The summed E-state index contributed by atoms with van der Waals surface area (Å²) in [5.41, 5.74) is 1.07. The summed E-state index contributed by atoms with van der Waals surface area (Å²) in [4.78, 5) is 32.2. The number of fused-ring (bicyclic) bond motifs is 1. The van der Waals surface area contributed by atoms with Crippen LogP contribution in [0.3, 0.4) is 0 Å².